The van der Waals surface area contributed by atoms with E-state index in [2.05, 4.69) is 45.4 Å². The first-order chi connectivity index (χ1) is 13.0. The van der Waals surface area contributed by atoms with Gasteiger partial charge in [-0.2, -0.15) is 15.1 Å². The first kappa shape index (κ1) is 18.4. The molecule has 1 aromatic carbocycles. The van der Waals surface area contributed by atoms with Crippen LogP contribution in [0.3, 0.4) is 0 Å². The van der Waals surface area contributed by atoms with Crippen LogP contribution in [0.5, 0.6) is 6.01 Å². The standard InChI is InChI=1S/C19H20N6O2/c1-13-4-5-15(10-14(13)2)12-21-24-18-11-17(16-6-8-20-9-7-16)22-19(23-18)27-25(3)26/h4-12,26H,1-3H3,(H,22,23,24)/b21-12+. The molecule has 8 heteroatoms. The number of hydrazone groups is 1. The molecule has 2 N–H and O–H groups in total. The van der Waals surface area contributed by atoms with Gasteiger partial charge in [0.15, 0.2) is 5.82 Å². The predicted octanol–water partition coefficient (Wildman–Crippen LogP) is 3.22. The molecule has 3 rings (SSSR count). The summed E-state index contributed by atoms with van der Waals surface area (Å²) in [6.07, 6.45) is 5.04. The molecule has 138 valence electrons. The molecule has 0 fully saturated rings. The fraction of sp³-hybridized carbons (Fsp3) is 0.158. The quantitative estimate of drug-likeness (QED) is 0.512. The Balaban J connectivity index is 1.85. The van der Waals surface area contributed by atoms with E-state index in [-0.39, 0.29) is 6.01 Å². The van der Waals surface area contributed by atoms with Crippen LogP contribution in [0.1, 0.15) is 16.7 Å². The van der Waals surface area contributed by atoms with E-state index in [1.54, 1.807) is 24.7 Å². The zero-order valence-corrected chi connectivity index (χ0v) is 15.3. The highest BCUT2D eigenvalue weighted by atomic mass is 16.9. The predicted molar refractivity (Wildman–Crippen MR) is 103 cm³/mol. The van der Waals surface area contributed by atoms with E-state index in [0.29, 0.717) is 16.7 Å². The van der Waals surface area contributed by atoms with Crippen LogP contribution >= 0.6 is 0 Å². The van der Waals surface area contributed by atoms with Crippen molar-refractivity contribution in [3.05, 3.63) is 65.5 Å². The maximum Gasteiger partial charge on any atom is 0.341 e. The van der Waals surface area contributed by atoms with Gasteiger partial charge in [0, 0.05) is 24.0 Å². The molecule has 27 heavy (non-hydrogen) atoms. The van der Waals surface area contributed by atoms with Crippen LogP contribution in [0.4, 0.5) is 5.82 Å². The minimum Gasteiger partial charge on any atom is -0.340 e. The summed E-state index contributed by atoms with van der Waals surface area (Å²) in [6.45, 7) is 4.12. The van der Waals surface area contributed by atoms with Crippen molar-refractivity contribution < 1.29 is 10.0 Å². The molecule has 0 atom stereocenters. The Hall–Kier alpha value is -3.36. The van der Waals surface area contributed by atoms with E-state index >= 15 is 0 Å². The number of benzene rings is 1. The first-order valence-corrected chi connectivity index (χ1v) is 8.27. The summed E-state index contributed by atoms with van der Waals surface area (Å²) in [5, 5.41) is 14.1. The Morgan fingerprint density at radius 2 is 1.85 bits per heavy atom. The molecule has 2 heterocycles. The van der Waals surface area contributed by atoms with Crippen LogP contribution in [-0.4, -0.2) is 38.6 Å². The van der Waals surface area contributed by atoms with Gasteiger partial charge in [-0.3, -0.25) is 15.6 Å². The summed E-state index contributed by atoms with van der Waals surface area (Å²) >= 11 is 0. The summed E-state index contributed by atoms with van der Waals surface area (Å²) in [6, 6.07) is 11.4. The van der Waals surface area contributed by atoms with Gasteiger partial charge >= 0.3 is 6.01 Å². The van der Waals surface area contributed by atoms with Gasteiger partial charge in [-0.1, -0.05) is 18.2 Å². The third-order valence-corrected chi connectivity index (χ3v) is 3.82. The maximum absolute atomic E-state index is 9.30. The lowest BCUT2D eigenvalue weighted by Gasteiger charge is -2.10. The molecule has 3 aromatic rings. The van der Waals surface area contributed by atoms with Crippen LogP contribution in [0, 0.1) is 13.8 Å². The lowest BCUT2D eigenvalue weighted by molar-refractivity contribution is -0.266. The van der Waals surface area contributed by atoms with E-state index in [1.165, 1.54) is 18.2 Å². The van der Waals surface area contributed by atoms with Crippen LogP contribution < -0.4 is 10.3 Å². The minimum atomic E-state index is -0.0156. The van der Waals surface area contributed by atoms with Crippen LogP contribution in [0.25, 0.3) is 11.3 Å². The average molecular weight is 364 g/mol. The molecule has 0 spiro atoms. The van der Waals surface area contributed by atoms with Crippen LogP contribution in [0.2, 0.25) is 0 Å². The molecule has 2 aromatic heterocycles. The molecule has 8 nitrogen and oxygen atoms in total. The van der Waals surface area contributed by atoms with Crippen molar-refractivity contribution in [2.45, 2.75) is 13.8 Å². The number of rotatable bonds is 6. The largest absolute Gasteiger partial charge is 0.341 e. The van der Waals surface area contributed by atoms with Crippen LogP contribution in [0.15, 0.2) is 53.9 Å². The van der Waals surface area contributed by atoms with E-state index in [1.807, 2.05) is 24.3 Å². The van der Waals surface area contributed by atoms with Gasteiger partial charge in [0.25, 0.3) is 0 Å². The number of aromatic nitrogens is 3. The highest BCUT2D eigenvalue weighted by molar-refractivity contribution is 5.80. The summed E-state index contributed by atoms with van der Waals surface area (Å²) < 4.78 is 0. The van der Waals surface area contributed by atoms with Gasteiger partial charge in [-0.15, -0.1) is 0 Å². The Morgan fingerprint density at radius 3 is 2.56 bits per heavy atom. The topological polar surface area (TPSA) is 95.8 Å². The first-order valence-electron chi connectivity index (χ1n) is 8.27. The highest BCUT2D eigenvalue weighted by Gasteiger charge is 2.09. The zero-order chi connectivity index (χ0) is 19.2. The van der Waals surface area contributed by atoms with E-state index in [4.69, 9.17) is 4.84 Å². The second-order valence-electron chi connectivity index (χ2n) is 5.93. The van der Waals surface area contributed by atoms with E-state index < -0.39 is 0 Å². The normalized spacial score (nSPS) is 11.1. The van der Waals surface area contributed by atoms with Crippen molar-refractivity contribution in [1.82, 2.24) is 20.2 Å². The lowest BCUT2D eigenvalue weighted by atomic mass is 10.1. The minimum absolute atomic E-state index is 0.0156. The van der Waals surface area contributed by atoms with Crippen LogP contribution in [-0.2, 0) is 0 Å². The summed E-state index contributed by atoms with van der Waals surface area (Å²) in [4.78, 5) is 17.5. The molecule has 0 unspecified atom stereocenters. The van der Waals surface area contributed by atoms with Gasteiger partial charge in [0.2, 0.25) is 0 Å². The SMILES string of the molecule is Cc1ccc(/C=N/Nc2cc(-c3ccncc3)nc(ON(C)O)n2)cc1C. The van der Waals surface area contributed by atoms with Crippen molar-refractivity contribution in [1.29, 1.82) is 0 Å². The van der Waals surface area contributed by atoms with E-state index in [9.17, 15) is 5.21 Å². The molecule has 0 saturated carbocycles. The fourth-order valence-corrected chi connectivity index (χ4v) is 2.33. The number of hydroxylamine groups is 2. The second-order valence-corrected chi connectivity index (χ2v) is 5.93. The van der Waals surface area contributed by atoms with Gasteiger partial charge < -0.3 is 4.84 Å². The highest BCUT2D eigenvalue weighted by Crippen LogP contribution is 2.22. The summed E-state index contributed by atoms with van der Waals surface area (Å²) in [5.74, 6) is 0.425. The second kappa shape index (κ2) is 8.35. The Kier molecular flexibility index (Phi) is 5.70. The number of anilines is 1. The van der Waals surface area contributed by atoms with Crippen molar-refractivity contribution in [2.24, 2.45) is 5.10 Å². The molecule has 0 bridgehead atoms. The maximum atomic E-state index is 9.30. The number of aryl methyl sites for hydroxylation is 2. The average Bonchev–Trinajstić information content (AvgIpc) is 2.65. The Bertz CT molecular complexity index is 944. The van der Waals surface area contributed by atoms with Gasteiger partial charge in [0.05, 0.1) is 19.0 Å². The number of nitrogens with zero attached hydrogens (tertiary/aromatic N) is 5. The van der Waals surface area contributed by atoms with Crippen molar-refractivity contribution in [2.75, 3.05) is 12.5 Å². The lowest BCUT2D eigenvalue weighted by Crippen LogP contribution is -2.19. The smallest absolute Gasteiger partial charge is 0.340 e. The molecule has 0 aliphatic rings. The number of pyridine rings is 1. The van der Waals surface area contributed by atoms with E-state index in [0.717, 1.165) is 11.1 Å². The molecule has 0 saturated heterocycles. The van der Waals surface area contributed by atoms with Crippen molar-refractivity contribution in [3.8, 4) is 17.3 Å². The monoisotopic (exact) mass is 364 g/mol. The number of hydrogen-bond acceptors (Lipinski definition) is 8. The Labute approximate surface area is 157 Å². The summed E-state index contributed by atoms with van der Waals surface area (Å²) in [7, 11) is 1.33. The molecule has 0 aliphatic carbocycles. The summed E-state index contributed by atoms with van der Waals surface area (Å²) in [5.41, 5.74) is 7.71. The molecule has 0 radical (unpaired) electrons. The zero-order valence-electron chi connectivity index (χ0n) is 15.3. The number of nitrogens with one attached hydrogen (secondary N) is 1. The third-order valence-electron chi connectivity index (χ3n) is 3.82. The molecular formula is C19H20N6O2. The molecule has 0 aliphatic heterocycles. The fourth-order valence-electron chi connectivity index (χ4n) is 2.33. The third kappa shape index (κ3) is 5.06. The van der Waals surface area contributed by atoms with Crippen molar-refractivity contribution >= 4 is 12.0 Å². The van der Waals surface area contributed by atoms with Gasteiger partial charge in [0.1, 0.15) is 0 Å². The number of hydrogen-bond donors (Lipinski definition) is 2. The Morgan fingerprint density at radius 1 is 1.07 bits per heavy atom. The van der Waals surface area contributed by atoms with Gasteiger partial charge in [-0.25, -0.2) is 0 Å². The molecular weight excluding hydrogens is 344 g/mol. The van der Waals surface area contributed by atoms with Crippen molar-refractivity contribution in [3.63, 3.8) is 0 Å². The van der Waals surface area contributed by atoms with Gasteiger partial charge in [-0.05, 0) is 47.9 Å². The molecule has 0 amide bonds.